The number of nitrogens with two attached hydrogens (primary N) is 1. The zero-order valence-electron chi connectivity index (χ0n) is 11.0. The Balaban J connectivity index is 2.02. The van der Waals surface area contributed by atoms with Crippen molar-refractivity contribution in [3.05, 3.63) is 63.1 Å². The van der Waals surface area contributed by atoms with Gasteiger partial charge in [0.25, 0.3) is 0 Å². The molecular weight excluding hydrogens is 376 g/mol. The maximum absolute atomic E-state index is 11.3. The van der Waals surface area contributed by atoms with E-state index in [9.17, 15) is 8.42 Å². The summed E-state index contributed by atoms with van der Waals surface area (Å²) >= 11 is 9.41. The zero-order chi connectivity index (χ0) is 15.5. The average molecular weight is 390 g/mol. The summed E-state index contributed by atoms with van der Waals surface area (Å²) in [5.41, 5.74) is 1.88. The van der Waals surface area contributed by atoms with Crippen LogP contribution in [-0.4, -0.2) is 8.42 Å². The molecule has 2 rings (SSSR count). The molecule has 0 saturated carbocycles. The number of primary sulfonamides is 1. The minimum atomic E-state index is -3.67. The van der Waals surface area contributed by atoms with Gasteiger partial charge in [-0.1, -0.05) is 39.7 Å². The highest BCUT2D eigenvalue weighted by atomic mass is 79.9. The van der Waals surface area contributed by atoms with Crippen LogP contribution in [0.5, 0.6) is 0 Å². The van der Waals surface area contributed by atoms with Crippen LogP contribution in [0, 0.1) is 0 Å². The minimum Gasteiger partial charge on any atom is -0.309 e. The van der Waals surface area contributed by atoms with Crippen LogP contribution in [0.15, 0.2) is 51.8 Å². The largest absolute Gasteiger partial charge is 0.309 e. The number of nitrogens with one attached hydrogen (secondary N) is 1. The summed E-state index contributed by atoms with van der Waals surface area (Å²) in [6, 6.07) is 12.1. The number of hydrogen-bond acceptors (Lipinski definition) is 3. The van der Waals surface area contributed by atoms with E-state index in [4.69, 9.17) is 16.7 Å². The van der Waals surface area contributed by atoms with Crippen LogP contribution in [0.3, 0.4) is 0 Å². The Bertz CT molecular complexity index is 750. The van der Waals surface area contributed by atoms with Gasteiger partial charge in [0, 0.05) is 22.6 Å². The molecule has 0 fully saturated rings. The van der Waals surface area contributed by atoms with E-state index in [0.717, 1.165) is 15.6 Å². The van der Waals surface area contributed by atoms with Gasteiger partial charge in [0.15, 0.2) is 0 Å². The summed E-state index contributed by atoms with van der Waals surface area (Å²) in [4.78, 5) is 0.116. The lowest BCUT2D eigenvalue weighted by molar-refractivity contribution is 0.597. The first-order valence-electron chi connectivity index (χ1n) is 6.12. The quantitative estimate of drug-likeness (QED) is 0.825. The van der Waals surface area contributed by atoms with Crippen molar-refractivity contribution in [3.8, 4) is 0 Å². The first-order chi connectivity index (χ1) is 9.86. The van der Waals surface area contributed by atoms with Crippen LogP contribution in [0.25, 0.3) is 0 Å². The zero-order valence-corrected chi connectivity index (χ0v) is 14.2. The van der Waals surface area contributed by atoms with Crippen molar-refractivity contribution >= 4 is 37.6 Å². The van der Waals surface area contributed by atoms with Crippen molar-refractivity contribution in [2.45, 2.75) is 18.0 Å². The highest BCUT2D eigenvalue weighted by Gasteiger charge is 2.08. The number of halogens is 2. The number of sulfonamides is 1. The Labute approximate surface area is 137 Å². The summed E-state index contributed by atoms with van der Waals surface area (Å²) in [6.45, 7) is 1.14. The molecule has 0 saturated heterocycles. The van der Waals surface area contributed by atoms with Gasteiger partial charge in [0.1, 0.15) is 0 Å². The smallest absolute Gasteiger partial charge is 0.238 e. The topological polar surface area (TPSA) is 72.2 Å². The molecule has 0 heterocycles. The van der Waals surface area contributed by atoms with E-state index in [-0.39, 0.29) is 4.90 Å². The van der Waals surface area contributed by atoms with Gasteiger partial charge in [0.05, 0.1) is 4.90 Å². The molecule has 0 atom stereocenters. The molecule has 0 amide bonds. The summed E-state index contributed by atoms with van der Waals surface area (Å²) in [6.07, 6.45) is 0. The summed E-state index contributed by atoms with van der Waals surface area (Å²) in [5, 5.41) is 9.03. The lowest BCUT2D eigenvalue weighted by Crippen LogP contribution is -2.15. The van der Waals surface area contributed by atoms with E-state index in [0.29, 0.717) is 18.1 Å². The van der Waals surface area contributed by atoms with Gasteiger partial charge < -0.3 is 5.32 Å². The number of benzene rings is 2. The number of hydrogen-bond donors (Lipinski definition) is 2. The van der Waals surface area contributed by atoms with Crippen molar-refractivity contribution in [1.82, 2.24) is 5.32 Å². The maximum Gasteiger partial charge on any atom is 0.238 e. The van der Waals surface area contributed by atoms with E-state index >= 15 is 0 Å². The standard InChI is InChI=1S/C14H14BrClN2O2S/c15-14-5-4-12(16)7-11(14)9-18-8-10-2-1-3-13(6-10)21(17,19)20/h1-7,18H,8-9H2,(H2,17,19,20). The van der Waals surface area contributed by atoms with Crippen molar-refractivity contribution in [3.63, 3.8) is 0 Å². The van der Waals surface area contributed by atoms with Crippen LogP contribution in [0.2, 0.25) is 5.02 Å². The fraction of sp³-hybridized carbons (Fsp3) is 0.143. The van der Waals surface area contributed by atoms with Gasteiger partial charge in [-0.15, -0.1) is 0 Å². The van der Waals surface area contributed by atoms with Gasteiger partial charge >= 0.3 is 0 Å². The van der Waals surface area contributed by atoms with E-state index in [1.165, 1.54) is 6.07 Å². The molecule has 3 N–H and O–H groups in total. The average Bonchev–Trinajstić information content (AvgIpc) is 2.42. The Hall–Kier alpha value is -0.920. The molecule has 0 aliphatic carbocycles. The second-order valence-electron chi connectivity index (χ2n) is 4.53. The van der Waals surface area contributed by atoms with Crippen molar-refractivity contribution in [2.75, 3.05) is 0 Å². The third-order valence-electron chi connectivity index (χ3n) is 2.88. The van der Waals surface area contributed by atoms with Gasteiger partial charge in [-0.3, -0.25) is 0 Å². The Kier molecular flexibility index (Phi) is 5.40. The van der Waals surface area contributed by atoms with Crippen molar-refractivity contribution < 1.29 is 8.42 Å². The molecular formula is C14H14BrClN2O2S. The fourth-order valence-corrected chi connectivity index (χ4v) is 3.02. The number of rotatable bonds is 5. The first-order valence-corrected chi connectivity index (χ1v) is 8.84. The van der Waals surface area contributed by atoms with Crippen LogP contribution >= 0.6 is 27.5 Å². The van der Waals surface area contributed by atoms with Gasteiger partial charge in [0.2, 0.25) is 10.0 Å². The van der Waals surface area contributed by atoms with Crippen LogP contribution in [0.1, 0.15) is 11.1 Å². The lowest BCUT2D eigenvalue weighted by Gasteiger charge is -2.08. The summed E-state index contributed by atoms with van der Waals surface area (Å²) < 4.78 is 23.6. The SMILES string of the molecule is NS(=O)(=O)c1cccc(CNCc2cc(Cl)ccc2Br)c1. The predicted molar refractivity (Wildman–Crippen MR) is 87.5 cm³/mol. The molecule has 2 aromatic rings. The third-order valence-corrected chi connectivity index (χ3v) is 4.80. The molecule has 21 heavy (non-hydrogen) atoms. The Morgan fingerprint density at radius 3 is 2.62 bits per heavy atom. The van der Waals surface area contributed by atoms with Crippen molar-refractivity contribution in [2.24, 2.45) is 5.14 Å². The van der Waals surface area contributed by atoms with Gasteiger partial charge in [-0.2, -0.15) is 0 Å². The van der Waals surface area contributed by atoms with E-state index in [1.54, 1.807) is 12.1 Å². The maximum atomic E-state index is 11.3. The lowest BCUT2D eigenvalue weighted by atomic mass is 10.2. The van der Waals surface area contributed by atoms with Crippen LogP contribution < -0.4 is 10.5 Å². The Morgan fingerprint density at radius 2 is 1.90 bits per heavy atom. The first kappa shape index (κ1) is 16.5. The predicted octanol–water partition coefficient (Wildman–Crippen LogP) is 3.04. The fourth-order valence-electron chi connectivity index (χ4n) is 1.85. The highest BCUT2D eigenvalue weighted by molar-refractivity contribution is 9.10. The highest BCUT2D eigenvalue weighted by Crippen LogP contribution is 2.21. The van der Waals surface area contributed by atoms with Crippen LogP contribution in [-0.2, 0) is 23.1 Å². The van der Waals surface area contributed by atoms with Crippen molar-refractivity contribution in [1.29, 1.82) is 0 Å². The molecule has 112 valence electrons. The summed E-state index contributed by atoms with van der Waals surface area (Å²) in [7, 11) is -3.67. The molecule has 0 radical (unpaired) electrons. The molecule has 0 aliphatic heterocycles. The Morgan fingerprint density at radius 1 is 1.14 bits per heavy atom. The molecule has 0 unspecified atom stereocenters. The molecule has 4 nitrogen and oxygen atoms in total. The minimum absolute atomic E-state index is 0.116. The second kappa shape index (κ2) is 6.89. The second-order valence-corrected chi connectivity index (χ2v) is 7.38. The third kappa shape index (κ3) is 4.79. The molecule has 0 aliphatic rings. The molecule has 0 spiro atoms. The molecule has 2 aromatic carbocycles. The monoisotopic (exact) mass is 388 g/mol. The van der Waals surface area contributed by atoms with Crippen LogP contribution in [0.4, 0.5) is 0 Å². The molecule has 7 heteroatoms. The molecule has 0 aromatic heterocycles. The van der Waals surface area contributed by atoms with E-state index in [2.05, 4.69) is 21.2 Å². The van der Waals surface area contributed by atoms with Gasteiger partial charge in [-0.05, 0) is 41.5 Å². The van der Waals surface area contributed by atoms with Gasteiger partial charge in [-0.25, -0.2) is 13.6 Å². The van der Waals surface area contributed by atoms with E-state index < -0.39 is 10.0 Å². The summed E-state index contributed by atoms with van der Waals surface area (Å²) in [5.74, 6) is 0. The molecule has 0 bridgehead atoms. The normalized spacial score (nSPS) is 11.6. The van der Waals surface area contributed by atoms with E-state index in [1.807, 2.05) is 24.3 Å².